The van der Waals surface area contributed by atoms with Gasteiger partial charge in [0.2, 0.25) is 0 Å². The molecule has 0 amide bonds. The van der Waals surface area contributed by atoms with Crippen molar-refractivity contribution in [1.82, 2.24) is 0 Å². The van der Waals surface area contributed by atoms with Crippen LogP contribution in [0.2, 0.25) is 0 Å². The van der Waals surface area contributed by atoms with E-state index in [0.717, 1.165) is 24.3 Å². The normalized spacial score (nSPS) is 34.1. The predicted octanol–water partition coefficient (Wildman–Crippen LogP) is 2.41. The summed E-state index contributed by atoms with van der Waals surface area (Å²) in [6.45, 7) is 5.48. The fourth-order valence-corrected chi connectivity index (χ4v) is 2.19. The lowest BCUT2D eigenvalue weighted by Gasteiger charge is -2.16. The van der Waals surface area contributed by atoms with Gasteiger partial charge in [-0.3, -0.25) is 0 Å². The highest BCUT2D eigenvalue weighted by Crippen LogP contribution is 2.36. The molecule has 2 N–H and O–H groups in total. The zero-order valence-corrected chi connectivity index (χ0v) is 7.84. The van der Waals surface area contributed by atoms with Gasteiger partial charge in [-0.15, -0.1) is 0 Å². The lowest BCUT2D eigenvalue weighted by molar-refractivity contribution is 0.358. The standard InChI is InChI=1S/C10H21N/c1-3-9-4-5-10(6-9)8(2)7-11/h8-10H,3-7,11H2,1-2H3. The van der Waals surface area contributed by atoms with Gasteiger partial charge in [0.05, 0.1) is 0 Å². The number of hydrogen-bond donors (Lipinski definition) is 1. The first-order valence-corrected chi connectivity index (χ1v) is 4.98. The molecule has 0 aromatic heterocycles. The van der Waals surface area contributed by atoms with Crippen LogP contribution >= 0.6 is 0 Å². The molecule has 1 nitrogen and oxygen atoms in total. The molecule has 3 unspecified atom stereocenters. The number of hydrogen-bond acceptors (Lipinski definition) is 1. The van der Waals surface area contributed by atoms with Crippen LogP contribution in [0.25, 0.3) is 0 Å². The summed E-state index contributed by atoms with van der Waals surface area (Å²) >= 11 is 0. The smallest absolute Gasteiger partial charge is 0.00489 e. The Morgan fingerprint density at radius 2 is 2.18 bits per heavy atom. The van der Waals surface area contributed by atoms with Crippen LogP contribution in [0.4, 0.5) is 0 Å². The number of rotatable bonds is 3. The van der Waals surface area contributed by atoms with Crippen molar-refractivity contribution in [2.75, 3.05) is 6.54 Å². The Morgan fingerprint density at radius 3 is 2.64 bits per heavy atom. The van der Waals surface area contributed by atoms with Crippen molar-refractivity contribution in [3.05, 3.63) is 0 Å². The fourth-order valence-electron chi connectivity index (χ4n) is 2.19. The van der Waals surface area contributed by atoms with E-state index in [1.165, 1.54) is 25.7 Å². The highest BCUT2D eigenvalue weighted by atomic mass is 14.6. The molecule has 1 fully saturated rings. The zero-order chi connectivity index (χ0) is 8.27. The van der Waals surface area contributed by atoms with Gasteiger partial charge < -0.3 is 5.73 Å². The van der Waals surface area contributed by atoms with E-state index in [4.69, 9.17) is 5.73 Å². The van der Waals surface area contributed by atoms with E-state index >= 15 is 0 Å². The molecule has 0 spiro atoms. The van der Waals surface area contributed by atoms with Gasteiger partial charge in [-0.05, 0) is 37.1 Å². The van der Waals surface area contributed by atoms with Crippen LogP contribution in [0.3, 0.4) is 0 Å². The van der Waals surface area contributed by atoms with E-state index in [-0.39, 0.29) is 0 Å². The van der Waals surface area contributed by atoms with Crippen LogP contribution in [0, 0.1) is 17.8 Å². The Bertz CT molecular complexity index is 111. The molecule has 0 aromatic rings. The molecular weight excluding hydrogens is 134 g/mol. The van der Waals surface area contributed by atoms with Crippen molar-refractivity contribution in [2.45, 2.75) is 39.5 Å². The summed E-state index contributed by atoms with van der Waals surface area (Å²) in [6, 6.07) is 0. The first kappa shape index (κ1) is 9.05. The number of nitrogens with two attached hydrogens (primary N) is 1. The molecule has 1 aliphatic carbocycles. The molecule has 1 aliphatic rings. The van der Waals surface area contributed by atoms with Crippen LogP contribution in [0.1, 0.15) is 39.5 Å². The summed E-state index contributed by atoms with van der Waals surface area (Å²) in [4.78, 5) is 0. The van der Waals surface area contributed by atoms with E-state index in [0.29, 0.717) is 0 Å². The van der Waals surface area contributed by atoms with Crippen LogP contribution in [0.15, 0.2) is 0 Å². The summed E-state index contributed by atoms with van der Waals surface area (Å²) in [5.41, 5.74) is 5.64. The second kappa shape index (κ2) is 4.10. The summed E-state index contributed by atoms with van der Waals surface area (Å²) < 4.78 is 0. The zero-order valence-electron chi connectivity index (χ0n) is 7.84. The van der Waals surface area contributed by atoms with Crippen LogP contribution in [-0.4, -0.2) is 6.54 Å². The molecule has 66 valence electrons. The van der Waals surface area contributed by atoms with Crippen molar-refractivity contribution >= 4 is 0 Å². The van der Waals surface area contributed by atoms with Crippen molar-refractivity contribution in [3.63, 3.8) is 0 Å². The molecule has 0 heterocycles. The van der Waals surface area contributed by atoms with E-state index in [1.54, 1.807) is 0 Å². The third kappa shape index (κ3) is 2.19. The maximum Gasteiger partial charge on any atom is -0.00489 e. The lowest BCUT2D eigenvalue weighted by atomic mass is 9.91. The first-order chi connectivity index (χ1) is 5.27. The molecule has 1 heteroatoms. The van der Waals surface area contributed by atoms with E-state index < -0.39 is 0 Å². The van der Waals surface area contributed by atoms with Crippen LogP contribution < -0.4 is 5.73 Å². The predicted molar refractivity (Wildman–Crippen MR) is 49.3 cm³/mol. The van der Waals surface area contributed by atoms with E-state index in [9.17, 15) is 0 Å². The Balaban J connectivity index is 2.29. The quantitative estimate of drug-likeness (QED) is 0.665. The molecule has 0 bridgehead atoms. The molecule has 1 rings (SSSR count). The third-order valence-electron chi connectivity index (χ3n) is 3.34. The maximum absolute atomic E-state index is 5.64. The summed E-state index contributed by atoms with van der Waals surface area (Å²) in [5.74, 6) is 2.70. The van der Waals surface area contributed by atoms with Gasteiger partial charge >= 0.3 is 0 Å². The molecule has 0 radical (unpaired) electrons. The molecule has 0 saturated heterocycles. The monoisotopic (exact) mass is 155 g/mol. The van der Waals surface area contributed by atoms with Gasteiger partial charge in [0.1, 0.15) is 0 Å². The molecule has 0 aromatic carbocycles. The second-order valence-corrected chi connectivity index (χ2v) is 4.06. The van der Waals surface area contributed by atoms with Gasteiger partial charge in [-0.25, -0.2) is 0 Å². The summed E-state index contributed by atoms with van der Waals surface area (Å²) in [5, 5.41) is 0. The summed E-state index contributed by atoms with van der Waals surface area (Å²) in [6.07, 6.45) is 5.69. The maximum atomic E-state index is 5.64. The van der Waals surface area contributed by atoms with Gasteiger partial charge in [0.15, 0.2) is 0 Å². The van der Waals surface area contributed by atoms with E-state index in [2.05, 4.69) is 13.8 Å². The Kier molecular flexibility index (Phi) is 3.38. The summed E-state index contributed by atoms with van der Waals surface area (Å²) in [7, 11) is 0. The van der Waals surface area contributed by atoms with Crippen molar-refractivity contribution in [3.8, 4) is 0 Å². The van der Waals surface area contributed by atoms with Gasteiger partial charge in [0.25, 0.3) is 0 Å². The average Bonchev–Trinajstić information content (AvgIpc) is 2.50. The molecule has 3 atom stereocenters. The molecular formula is C10H21N. The van der Waals surface area contributed by atoms with Crippen LogP contribution in [0.5, 0.6) is 0 Å². The minimum absolute atomic E-state index is 0.756. The van der Waals surface area contributed by atoms with Crippen LogP contribution in [-0.2, 0) is 0 Å². The fraction of sp³-hybridized carbons (Fsp3) is 1.00. The topological polar surface area (TPSA) is 26.0 Å². The minimum Gasteiger partial charge on any atom is -0.330 e. The lowest BCUT2D eigenvalue weighted by Crippen LogP contribution is -2.18. The van der Waals surface area contributed by atoms with Gasteiger partial charge in [-0.2, -0.15) is 0 Å². The molecule has 0 aliphatic heterocycles. The minimum atomic E-state index is 0.756. The second-order valence-electron chi connectivity index (χ2n) is 4.06. The van der Waals surface area contributed by atoms with Gasteiger partial charge in [0, 0.05) is 0 Å². The Morgan fingerprint density at radius 1 is 1.45 bits per heavy atom. The van der Waals surface area contributed by atoms with Crippen molar-refractivity contribution in [1.29, 1.82) is 0 Å². The SMILES string of the molecule is CCC1CCC(C(C)CN)C1. The molecule has 1 saturated carbocycles. The average molecular weight is 155 g/mol. The Hall–Kier alpha value is -0.0400. The molecule has 11 heavy (non-hydrogen) atoms. The highest BCUT2D eigenvalue weighted by molar-refractivity contribution is 4.78. The van der Waals surface area contributed by atoms with E-state index in [1.807, 2.05) is 0 Å². The largest absolute Gasteiger partial charge is 0.330 e. The van der Waals surface area contributed by atoms with Crippen molar-refractivity contribution < 1.29 is 0 Å². The highest BCUT2D eigenvalue weighted by Gasteiger charge is 2.26. The first-order valence-electron chi connectivity index (χ1n) is 4.98. The third-order valence-corrected chi connectivity index (χ3v) is 3.34. The van der Waals surface area contributed by atoms with Crippen molar-refractivity contribution in [2.24, 2.45) is 23.5 Å². The van der Waals surface area contributed by atoms with Gasteiger partial charge in [-0.1, -0.05) is 26.7 Å². The Labute approximate surface area is 70.4 Å².